The maximum absolute atomic E-state index is 13.8. The summed E-state index contributed by atoms with van der Waals surface area (Å²) in [5.41, 5.74) is 0.590. The Morgan fingerprint density at radius 1 is 0.960 bits per heavy atom. The molecule has 2 aromatic carbocycles. The van der Waals surface area contributed by atoms with E-state index in [2.05, 4.69) is 6.92 Å². The predicted octanol–water partition coefficient (Wildman–Crippen LogP) is 5.23. The topological polar surface area (TPSA) is 34.1 Å². The molecule has 0 atom stereocenters. The van der Waals surface area contributed by atoms with Gasteiger partial charge in [-0.2, -0.15) is 0 Å². The lowest BCUT2D eigenvalue weighted by Gasteiger charge is -2.25. The van der Waals surface area contributed by atoms with Crippen molar-refractivity contribution in [2.24, 2.45) is 11.8 Å². The van der Waals surface area contributed by atoms with Gasteiger partial charge in [0.25, 0.3) is 0 Å². The molecule has 1 fully saturated rings. The van der Waals surface area contributed by atoms with E-state index < -0.39 is 21.5 Å². The van der Waals surface area contributed by atoms with Gasteiger partial charge in [-0.25, -0.2) is 17.2 Å². The van der Waals surface area contributed by atoms with E-state index in [1.54, 1.807) is 0 Å². The lowest BCUT2D eigenvalue weighted by molar-refractivity contribution is 0.308. The number of hydrogen-bond donors (Lipinski definition) is 0. The van der Waals surface area contributed by atoms with Crippen LogP contribution in [-0.2, 0) is 9.84 Å². The van der Waals surface area contributed by atoms with Gasteiger partial charge in [-0.3, -0.25) is 0 Å². The summed E-state index contributed by atoms with van der Waals surface area (Å²) in [6.45, 7) is 2.20. The van der Waals surface area contributed by atoms with Crippen molar-refractivity contribution >= 4 is 9.84 Å². The maximum atomic E-state index is 13.8. The quantitative estimate of drug-likeness (QED) is 0.744. The Balaban J connectivity index is 1.78. The molecule has 5 heteroatoms. The first-order chi connectivity index (χ1) is 11.8. The Hall–Kier alpha value is -1.75. The fourth-order valence-electron chi connectivity index (χ4n) is 3.46. The average Bonchev–Trinajstić information content (AvgIpc) is 2.59. The highest BCUT2D eigenvalue weighted by Gasteiger charge is 2.25. The highest BCUT2D eigenvalue weighted by atomic mass is 32.2. The van der Waals surface area contributed by atoms with Gasteiger partial charge < -0.3 is 0 Å². The highest BCUT2D eigenvalue weighted by Crippen LogP contribution is 2.31. The molecule has 0 amide bonds. The Morgan fingerprint density at radius 3 is 2.24 bits per heavy atom. The molecular weight excluding hydrogens is 342 g/mol. The monoisotopic (exact) mass is 364 g/mol. The van der Waals surface area contributed by atoms with Crippen molar-refractivity contribution in [2.75, 3.05) is 5.75 Å². The van der Waals surface area contributed by atoms with Crippen LogP contribution in [0.1, 0.15) is 32.6 Å². The van der Waals surface area contributed by atoms with Crippen molar-refractivity contribution < 1.29 is 17.2 Å². The molecule has 25 heavy (non-hydrogen) atoms. The minimum atomic E-state index is -3.36. The zero-order valence-corrected chi connectivity index (χ0v) is 15.0. The number of hydrogen-bond acceptors (Lipinski definition) is 2. The zero-order valence-electron chi connectivity index (χ0n) is 14.2. The summed E-state index contributed by atoms with van der Waals surface area (Å²) in [5, 5.41) is 0. The molecule has 0 spiro atoms. The molecule has 0 aromatic heterocycles. The third-order valence-electron chi connectivity index (χ3n) is 5.04. The van der Waals surface area contributed by atoms with Gasteiger partial charge in [0.1, 0.15) is 11.6 Å². The largest absolute Gasteiger partial charge is 0.224 e. The summed E-state index contributed by atoms with van der Waals surface area (Å²) in [7, 11) is -3.36. The van der Waals surface area contributed by atoms with E-state index in [4.69, 9.17) is 0 Å². The number of benzene rings is 2. The van der Waals surface area contributed by atoms with Crippen molar-refractivity contribution in [3.63, 3.8) is 0 Å². The second-order valence-electron chi connectivity index (χ2n) is 7.06. The average molecular weight is 364 g/mol. The van der Waals surface area contributed by atoms with E-state index in [0.717, 1.165) is 43.9 Å². The molecule has 0 N–H and O–H groups in total. The minimum absolute atomic E-state index is 0.130. The van der Waals surface area contributed by atoms with E-state index in [-0.39, 0.29) is 22.1 Å². The van der Waals surface area contributed by atoms with Crippen LogP contribution in [0.5, 0.6) is 0 Å². The first-order valence-corrected chi connectivity index (χ1v) is 10.3. The SMILES string of the molecule is CC1CCC(CS(=O)(=O)c2ccc(-c3cc(F)ccc3F)cc2)CC1. The molecule has 2 nitrogen and oxygen atoms in total. The molecule has 1 aliphatic carbocycles. The van der Waals surface area contributed by atoms with Gasteiger partial charge in [0.2, 0.25) is 0 Å². The molecule has 3 rings (SSSR count). The molecule has 0 unspecified atom stereocenters. The van der Waals surface area contributed by atoms with E-state index in [9.17, 15) is 17.2 Å². The van der Waals surface area contributed by atoms with E-state index in [1.165, 1.54) is 24.3 Å². The van der Waals surface area contributed by atoms with Crippen LogP contribution in [0.15, 0.2) is 47.4 Å². The fraction of sp³-hybridized carbons (Fsp3) is 0.400. The smallest absolute Gasteiger partial charge is 0.178 e. The molecular formula is C20H22F2O2S. The highest BCUT2D eigenvalue weighted by molar-refractivity contribution is 7.91. The van der Waals surface area contributed by atoms with Crippen LogP contribution in [0.3, 0.4) is 0 Å². The standard InChI is InChI=1S/C20H22F2O2S/c1-14-2-4-15(5-3-14)13-25(23,24)18-9-6-16(7-10-18)19-12-17(21)8-11-20(19)22/h6-12,14-15H,2-5,13H2,1H3. The van der Waals surface area contributed by atoms with Crippen LogP contribution in [0.4, 0.5) is 8.78 Å². The Bertz CT molecular complexity index is 836. The van der Waals surface area contributed by atoms with E-state index in [0.29, 0.717) is 11.5 Å². The number of halogens is 2. The first kappa shape index (κ1) is 18.1. The molecule has 0 heterocycles. The van der Waals surface area contributed by atoms with Crippen LogP contribution >= 0.6 is 0 Å². The second kappa shape index (κ2) is 7.24. The molecule has 1 saturated carbocycles. The first-order valence-electron chi connectivity index (χ1n) is 8.63. The van der Waals surface area contributed by atoms with Crippen molar-refractivity contribution in [3.05, 3.63) is 54.1 Å². The van der Waals surface area contributed by atoms with Crippen LogP contribution in [0.25, 0.3) is 11.1 Å². The summed E-state index contributed by atoms with van der Waals surface area (Å²) in [6, 6.07) is 9.28. The summed E-state index contributed by atoms with van der Waals surface area (Å²) in [4.78, 5) is 0.242. The summed E-state index contributed by atoms with van der Waals surface area (Å²) in [6.07, 6.45) is 4.07. The molecule has 1 aliphatic rings. The van der Waals surface area contributed by atoms with E-state index >= 15 is 0 Å². The van der Waals surface area contributed by atoms with Gasteiger partial charge in [0.15, 0.2) is 9.84 Å². The Labute approximate surface area is 147 Å². The number of sulfone groups is 1. The van der Waals surface area contributed by atoms with Crippen molar-refractivity contribution in [1.82, 2.24) is 0 Å². The van der Waals surface area contributed by atoms with Crippen LogP contribution in [0, 0.1) is 23.5 Å². The predicted molar refractivity (Wildman–Crippen MR) is 95.0 cm³/mol. The molecule has 0 bridgehead atoms. The molecule has 0 saturated heterocycles. The van der Waals surface area contributed by atoms with Crippen molar-refractivity contribution in [2.45, 2.75) is 37.5 Å². The fourth-order valence-corrected chi connectivity index (χ4v) is 5.16. The third-order valence-corrected chi connectivity index (χ3v) is 6.94. The lowest BCUT2D eigenvalue weighted by atomic mass is 9.84. The Morgan fingerprint density at radius 2 is 1.60 bits per heavy atom. The normalized spacial score (nSPS) is 21.2. The van der Waals surface area contributed by atoms with E-state index in [1.807, 2.05) is 0 Å². The van der Waals surface area contributed by atoms with Gasteiger partial charge in [0, 0.05) is 5.56 Å². The molecule has 134 valence electrons. The Kier molecular flexibility index (Phi) is 5.23. The second-order valence-corrected chi connectivity index (χ2v) is 9.09. The van der Waals surface area contributed by atoms with Gasteiger partial charge in [-0.05, 0) is 60.6 Å². The minimum Gasteiger partial charge on any atom is -0.224 e. The van der Waals surface area contributed by atoms with Gasteiger partial charge in [-0.1, -0.05) is 31.9 Å². The van der Waals surface area contributed by atoms with Gasteiger partial charge in [-0.15, -0.1) is 0 Å². The lowest BCUT2D eigenvalue weighted by Crippen LogP contribution is -2.21. The van der Waals surface area contributed by atoms with Gasteiger partial charge in [0.05, 0.1) is 10.6 Å². The summed E-state index contributed by atoms with van der Waals surface area (Å²) >= 11 is 0. The summed E-state index contributed by atoms with van der Waals surface area (Å²) in [5.74, 6) is -0.0122. The summed E-state index contributed by atoms with van der Waals surface area (Å²) < 4.78 is 52.4. The van der Waals surface area contributed by atoms with Crippen LogP contribution < -0.4 is 0 Å². The van der Waals surface area contributed by atoms with Gasteiger partial charge >= 0.3 is 0 Å². The van der Waals surface area contributed by atoms with Crippen molar-refractivity contribution in [3.8, 4) is 11.1 Å². The third kappa shape index (κ3) is 4.27. The molecule has 0 aliphatic heterocycles. The van der Waals surface area contributed by atoms with Crippen molar-refractivity contribution in [1.29, 1.82) is 0 Å². The maximum Gasteiger partial charge on any atom is 0.178 e. The molecule has 0 radical (unpaired) electrons. The van der Waals surface area contributed by atoms with Crippen LogP contribution in [0.2, 0.25) is 0 Å². The molecule has 2 aromatic rings. The van der Waals surface area contributed by atoms with Crippen LogP contribution in [-0.4, -0.2) is 14.2 Å². The number of rotatable bonds is 4. The zero-order chi connectivity index (χ0) is 18.0.